The lowest BCUT2D eigenvalue weighted by Gasteiger charge is -2.39. The predicted molar refractivity (Wildman–Crippen MR) is 101 cm³/mol. The summed E-state index contributed by atoms with van der Waals surface area (Å²) in [6.45, 7) is 6.99. The summed E-state index contributed by atoms with van der Waals surface area (Å²) in [6, 6.07) is 10.6. The minimum Gasteiger partial charge on any atom is -0.337 e. The number of carbonyl (C=O) groups excluding carboxylic acids is 1. The highest BCUT2D eigenvalue weighted by Gasteiger charge is 2.41. The summed E-state index contributed by atoms with van der Waals surface area (Å²) in [4.78, 5) is 21.0. The van der Waals surface area contributed by atoms with E-state index in [0.29, 0.717) is 17.1 Å². The number of aromatic nitrogens is 2. The molecule has 7 heteroatoms. The lowest BCUT2D eigenvalue weighted by molar-refractivity contribution is 0.118. The van der Waals surface area contributed by atoms with Crippen molar-refractivity contribution in [1.29, 1.82) is 0 Å². The number of nitrogens with one attached hydrogen (secondary N) is 1. The molecule has 1 spiro atoms. The Morgan fingerprint density at radius 1 is 1.19 bits per heavy atom. The maximum Gasteiger partial charge on any atom is 0.317 e. The molecule has 1 aromatic heterocycles. The predicted octanol–water partition coefficient (Wildman–Crippen LogP) is 2.58. The van der Waals surface area contributed by atoms with Crippen molar-refractivity contribution in [2.24, 2.45) is 5.41 Å². The Hall–Kier alpha value is -2.41. The number of benzene rings is 1. The van der Waals surface area contributed by atoms with Crippen molar-refractivity contribution in [3.8, 4) is 0 Å². The molecule has 3 heterocycles. The molecule has 2 aliphatic rings. The third kappa shape index (κ3) is 4.30. The van der Waals surface area contributed by atoms with Crippen LogP contribution in [-0.4, -0.2) is 52.2 Å². The number of rotatable bonds is 4. The summed E-state index contributed by atoms with van der Waals surface area (Å²) >= 11 is 0. The molecule has 0 unspecified atom stereocenters. The van der Waals surface area contributed by atoms with Crippen LogP contribution in [0.25, 0.3) is 0 Å². The minimum absolute atomic E-state index is 0.0418. The van der Waals surface area contributed by atoms with Crippen LogP contribution in [0.1, 0.15) is 36.5 Å². The normalized spacial score (nSPS) is 19.5. The van der Waals surface area contributed by atoms with Crippen LogP contribution in [0.3, 0.4) is 0 Å². The molecule has 7 nitrogen and oxygen atoms in total. The summed E-state index contributed by atoms with van der Waals surface area (Å²) in [5.41, 5.74) is 1.75. The van der Waals surface area contributed by atoms with Crippen LogP contribution in [-0.2, 0) is 13.1 Å². The molecule has 4 rings (SSSR count). The van der Waals surface area contributed by atoms with Gasteiger partial charge in [-0.05, 0) is 43.7 Å². The zero-order chi connectivity index (χ0) is 18.7. The Balaban J connectivity index is 1.24. The molecule has 27 heavy (non-hydrogen) atoms. The van der Waals surface area contributed by atoms with Crippen LogP contribution in [0, 0.1) is 12.3 Å². The standard InChI is InChI=1S/C20H27N5O2/c1-16-22-18(27-23-16)13-21-19(26)25-11-8-20(9-12-25)7-10-24(15-20)14-17-5-3-2-4-6-17/h2-6H,7-15H2,1H3,(H,21,26). The molecule has 1 aromatic carbocycles. The molecule has 0 saturated carbocycles. The van der Waals surface area contributed by atoms with E-state index < -0.39 is 0 Å². The van der Waals surface area contributed by atoms with E-state index in [-0.39, 0.29) is 12.6 Å². The second-order valence-corrected chi connectivity index (χ2v) is 7.83. The van der Waals surface area contributed by atoms with Gasteiger partial charge in [-0.1, -0.05) is 35.5 Å². The zero-order valence-electron chi connectivity index (χ0n) is 15.9. The Morgan fingerprint density at radius 3 is 2.63 bits per heavy atom. The van der Waals surface area contributed by atoms with Crippen molar-refractivity contribution in [2.75, 3.05) is 26.2 Å². The number of piperidine rings is 1. The van der Waals surface area contributed by atoms with E-state index in [9.17, 15) is 4.79 Å². The first-order chi connectivity index (χ1) is 13.1. The van der Waals surface area contributed by atoms with E-state index >= 15 is 0 Å². The quantitative estimate of drug-likeness (QED) is 0.897. The molecule has 0 aliphatic carbocycles. The Labute approximate surface area is 159 Å². The van der Waals surface area contributed by atoms with Crippen LogP contribution >= 0.6 is 0 Å². The molecule has 0 atom stereocenters. The van der Waals surface area contributed by atoms with Crippen molar-refractivity contribution in [3.05, 3.63) is 47.6 Å². The van der Waals surface area contributed by atoms with Crippen molar-refractivity contribution in [3.63, 3.8) is 0 Å². The van der Waals surface area contributed by atoms with Crippen molar-refractivity contribution in [2.45, 2.75) is 39.3 Å². The van der Waals surface area contributed by atoms with E-state index in [1.807, 2.05) is 4.90 Å². The van der Waals surface area contributed by atoms with Gasteiger partial charge < -0.3 is 14.7 Å². The summed E-state index contributed by atoms with van der Waals surface area (Å²) in [7, 11) is 0. The maximum atomic E-state index is 12.4. The van der Waals surface area contributed by atoms with Crippen LogP contribution in [0.2, 0.25) is 0 Å². The smallest absolute Gasteiger partial charge is 0.317 e. The second kappa shape index (κ2) is 7.68. The van der Waals surface area contributed by atoms with Crippen molar-refractivity contribution < 1.29 is 9.32 Å². The first-order valence-corrected chi connectivity index (χ1v) is 9.70. The van der Waals surface area contributed by atoms with Gasteiger partial charge in [0.15, 0.2) is 5.82 Å². The molecular formula is C20H27N5O2. The average Bonchev–Trinajstić information content (AvgIpc) is 3.27. The molecule has 2 aromatic rings. The number of hydrogen-bond donors (Lipinski definition) is 1. The number of likely N-dealkylation sites (tertiary alicyclic amines) is 2. The van der Waals surface area contributed by atoms with Crippen LogP contribution in [0.4, 0.5) is 4.79 Å². The number of urea groups is 1. The number of amides is 2. The third-order valence-electron chi connectivity index (χ3n) is 5.84. The van der Waals surface area contributed by atoms with E-state index in [0.717, 1.165) is 45.6 Å². The molecule has 0 radical (unpaired) electrons. The first kappa shape index (κ1) is 18.0. The van der Waals surface area contributed by atoms with E-state index in [2.05, 4.69) is 50.7 Å². The monoisotopic (exact) mass is 369 g/mol. The fourth-order valence-electron chi connectivity index (χ4n) is 4.27. The first-order valence-electron chi connectivity index (χ1n) is 9.70. The number of carbonyl (C=O) groups is 1. The number of nitrogens with zero attached hydrogens (tertiary/aromatic N) is 4. The van der Waals surface area contributed by atoms with Crippen LogP contribution in [0.15, 0.2) is 34.9 Å². The van der Waals surface area contributed by atoms with E-state index in [1.165, 1.54) is 12.0 Å². The summed E-state index contributed by atoms with van der Waals surface area (Å²) < 4.78 is 5.04. The van der Waals surface area contributed by atoms with Gasteiger partial charge in [0.25, 0.3) is 0 Å². The molecule has 2 fully saturated rings. The number of hydrogen-bond acceptors (Lipinski definition) is 5. The molecule has 2 saturated heterocycles. The van der Waals surface area contributed by atoms with Crippen molar-refractivity contribution in [1.82, 2.24) is 25.3 Å². The largest absolute Gasteiger partial charge is 0.337 e. The molecule has 1 N–H and O–H groups in total. The van der Waals surface area contributed by atoms with Gasteiger partial charge in [0, 0.05) is 26.2 Å². The molecular weight excluding hydrogens is 342 g/mol. The van der Waals surface area contributed by atoms with E-state index in [4.69, 9.17) is 4.52 Å². The summed E-state index contributed by atoms with van der Waals surface area (Å²) in [5.74, 6) is 1.03. The van der Waals surface area contributed by atoms with Crippen molar-refractivity contribution >= 4 is 6.03 Å². The van der Waals surface area contributed by atoms with Gasteiger partial charge >= 0.3 is 6.03 Å². The average molecular weight is 369 g/mol. The lowest BCUT2D eigenvalue weighted by Crippen LogP contribution is -2.47. The van der Waals surface area contributed by atoms with E-state index in [1.54, 1.807) is 6.92 Å². The molecule has 0 bridgehead atoms. The SMILES string of the molecule is Cc1noc(CNC(=O)N2CCC3(CCN(Cc4ccccc4)C3)CC2)n1. The van der Waals surface area contributed by atoms with Gasteiger partial charge in [-0.25, -0.2) is 4.79 Å². The van der Waals surface area contributed by atoms with Gasteiger partial charge in [-0.15, -0.1) is 0 Å². The lowest BCUT2D eigenvalue weighted by atomic mass is 9.78. The van der Waals surface area contributed by atoms with Gasteiger partial charge in [-0.2, -0.15) is 4.98 Å². The van der Waals surface area contributed by atoms with Crippen LogP contribution in [0.5, 0.6) is 0 Å². The number of aryl methyl sites for hydroxylation is 1. The fourth-order valence-corrected chi connectivity index (χ4v) is 4.27. The summed E-state index contributed by atoms with van der Waals surface area (Å²) in [5, 5.41) is 6.62. The Kier molecular flexibility index (Phi) is 5.11. The Bertz CT molecular complexity index is 768. The highest BCUT2D eigenvalue weighted by molar-refractivity contribution is 5.74. The highest BCUT2D eigenvalue weighted by Crippen LogP contribution is 2.40. The third-order valence-corrected chi connectivity index (χ3v) is 5.84. The summed E-state index contributed by atoms with van der Waals surface area (Å²) in [6.07, 6.45) is 3.38. The molecule has 2 aliphatic heterocycles. The minimum atomic E-state index is -0.0418. The zero-order valence-corrected chi connectivity index (χ0v) is 15.9. The highest BCUT2D eigenvalue weighted by atomic mass is 16.5. The van der Waals surface area contributed by atoms with Gasteiger partial charge in [0.05, 0.1) is 6.54 Å². The van der Waals surface area contributed by atoms with Gasteiger partial charge in [0.1, 0.15) is 0 Å². The topological polar surface area (TPSA) is 74.5 Å². The van der Waals surface area contributed by atoms with Crippen LogP contribution < -0.4 is 5.32 Å². The van der Waals surface area contributed by atoms with Gasteiger partial charge in [-0.3, -0.25) is 4.90 Å². The Morgan fingerprint density at radius 2 is 1.93 bits per heavy atom. The van der Waals surface area contributed by atoms with Gasteiger partial charge in [0.2, 0.25) is 5.89 Å². The maximum absolute atomic E-state index is 12.4. The fraction of sp³-hybridized carbons (Fsp3) is 0.550. The molecule has 2 amide bonds. The molecule has 144 valence electrons. The second-order valence-electron chi connectivity index (χ2n) is 7.83.